The van der Waals surface area contributed by atoms with E-state index in [0.29, 0.717) is 11.5 Å². The Morgan fingerprint density at radius 2 is 1.72 bits per heavy atom. The Morgan fingerprint density at radius 1 is 1.00 bits per heavy atom. The summed E-state index contributed by atoms with van der Waals surface area (Å²) >= 11 is 1.42. The Labute approximate surface area is 170 Å². The quantitative estimate of drug-likeness (QED) is 0.476. The molecule has 0 spiro atoms. The smallest absolute Gasteiger partial charge is 0.437 e. The maximum Gasteiger partial charge on any atom is 0.437 e. The molecule has 0 aliphatic rings. The number of aromatic nitrogens is 2. The summed E-state index contributed by atoms with van der Waals surface area (Å²) in [6.07, 6.45) is -0.922. The van der Waals surface area contributed by atoms with Gasteiger partial charge in [-0.15, -0.1) is 16.4 Å². The van der Waals surface area contributed by atoms with Crippen LogP contribution < -0.4 is 15.2 Å². The van der Waals surface area contributed by atoms with Gasteiger partial charge in [-0.05, 0) is 47.8 Å². The summed E-state index contributed by atoms with van der Waals surface area (Å²) < 4.78 is 17.5. The highest BCUT2D eigenvalue weighted by Crippen LogP contribution is 2.24. The van der Waals surface area contributed by atoms with Crippen molar-refractivity contribution in [1.82, 2.24) is 9.78 Å². The highest BCUT2D eigenvalue weighted by molar-refractivity contribution is 7.13. The van der Waals surface area contributed by atoms with Crippen LogP contribution in [0.2, 0.25) is 0 Å². The van der Waals surface area contributed by atoms with Gasteiger partial charge in [0.15, 0.2) is 0 Å². The maximum atomic E-state index is 11.9. The van der Waals surface area contributed by atoms with Crippen molar-refractivity contribution in [1.29, 1.82) is 0 Å². The van der Waals surface area contributed by atoms with Crippen LogP contribution in [-0.2, 0) is 6.54 Å². The third-order valence-electron chi connectivity index (χ3n) is 3.97. The summed E-state index contributed by atoms with van der Waals surface area (Å²) in [6, 6.07) is 20.2. The normalized spacial score (nSPS) is 11.9. The van der Waals surface area contributed by atoms with Gasteiger partial charge in [0.05, 0.1) is 11.4 Å². The van der Waals surface area contributed by atoms with E-state index in [1.165, 1.54) is 11.3 Å². The van der Waals surface area contributed by atoms with Crippen LogP contribution in [0.5, 0.6) is 17.2 Å². The summed E-state index contributed by atoms with van der Waals surface area (Å²) in [5, 5.41) is 16.2. The van der Waals surface area contributed by atoms with Crippen LogP contribution in [0.4, 0.5) is 0 Å². The molecule has 29 heavy (non-hydrogen) atoms. The molecule has 2 aromatic heterocycles. The number of nitrogens with zero attached hydrogens (tertiary/aromatic N) is 2. The van der Waals surface area contributed by atoms with Crippen molar-refractivity contribution in [3.05, 3.63) is 82.7 Å². The van der Waals surface area contributed by atoms with Crippen molar-refractivity contribution in [3.8, 4) is 28.0 Å². The third-order valence-corrected chi connectivity index (χ3v) is 4.82. The molecule has 4 aromatic rings. The van der Waals surface area contributed by atoms with Crippen molar-refractivity contribution in [3.63, 3.8) is 0 Å². The number of aliphatic hydroxyl groups is 1. The van der Waals surface area contributed by atoms with Crippen molar-refractivity contribution in [2.45, 2.75) is 12.6 Å². The predicted octanol–water partition coefficient (Wildman–Crippen LogP) is 3.80. The molecule has 1 atom stereocenters. The second kappa shape index (κ2) is 8.76. The standard InChI is InChI=1S/C21H18N2O5S/c24-15(13-23-21(25)28-20(22-23)19-7-4-12-29-19)14-26-16-8-10-18(11-9-16)27-17-5-2-1-3-6-17/h1-12,15,24H,13-14H2. The van der Waals surface area contributed by atoms with Gasteiger partial charge in [-0.1, -0.05) is 24.3 Å². The van der Waals surface area contributed by atoms with E-state index in [4.69, 9.17) is 13.9 Å². The van der Waals surface area contributed by atoms with Crippen molar-refractivity contribution in [2.75, 3.05) is 6.61 Å². The number of ether oxygens (including phenoxy) is 2. The van der Waals surface area contributed by atoms with Crippen LogP contribution in [0.3, 0.4) is 0 Å². The highest BCUT2D eigenvalue weighted by atomic mass is 32.1. The van der Waals surface area contributed by atoms with Gasteiger partial charge < -0.3 is 19.0 Å². The van der Waals surface area contributed by atoms with Gasteiger partial charge in [0.25, 0.3) is 5.89 Å². The molecule has 0 bridgehead atoms. The lowest BCUT2D eigenvalue weighted by molar-refractivity contribution is 0.0875. The van der Waals surface area contributed by atoms with Gasteiger partial charge in [0.1, 0.15) is 30.0 Å². The Bertz CT molecular complexity index is 1090. The second-order valence-electron chi connectivity index (χ2n) is 6.18. The molecule has 4 rings (SSSR count). The fraction of sp³-hybridized carbons (Fsp3) is 0.143. The predicted molar refractivity (Wildman–Crippen MR) is 109 cm³/mol. The molecule has 0 saturated heterocycles. The largest absolute Gasteiger partial charge is 0.491 e. The first-order valence-corrected chi connectivity index (χ1v) is 9.81. The first-order chi connectivity index (χ1) is 14.2. The molecule has 0 amide bonds. The minimum atomic E-state index is -0.922. The number of thiophene rings is 1. The Hall–Kier alpha value is -3.36. The number of rotatable bonds is 8. The molecule has 2 aromatic carbocycles. The van der Waals surface area contributed by atoms with Crippen LogP contribution in [0, 0.1) is 0 Å². The fourth-order valence-electron chi connectivity index (χ4n) is 2.59. The molecule has 7 nitrogen and oxygen atoms in total. The SMILES string of the molecule is O=c1oc(-c2cccs2)nn1CC(O)COc1ccc(Oc2ccccc2)cc1. The molecule has 0 radical (unpaired) electrons. The number of aliphatic hydroxyl groups excluding tert-OH is 1. The van der Waals surface area contributed by atoms with E-state index in [0.717, 1.165) is 15.3 Å². The molecule has 0 aliphatic heterocycles. The Morgan fingerprint density at radius 3 is 2.45 bits per heavy atom. The van der Waals surface area contributed by atoms with Gasteiger partial charge >= 0.3 is 5.76 Å². The van der Waals surface area contributed by atoms with E-state index in [9.17, 15) is 9.90 Å². The highest BCUT2D eigenvalue weighted by Gasteiger charge is 2.15. The molecule has 1 unspecified atom stereocenters. The summed E-state index contributed by atoms with van der Waals surface area (Å²) in [5.74, 6) is 1.63. The summed E-state index contributed by atoms with van der Waals surface area (Å²) in [6.45, 7) is -0.0184. The molecular weight excluding hydrogens is 392 g/mol. The summed E-state index contributed by atoms with van der Waals surface area (Å²) in [7, 11) is 0. The monoisotopic (exact) mass is 410 g/mol. The molecule has 148 valence electrons. The number of benzene rings is 2. The average Bonchev–Trinajstić information content (AvgIpc) is 3.39. The van der Waals surface area contributed by atoms with Crippen LogP contribution in [0.1, 0.15) is 0 Å². The van der Waals surface area contributed by atoms with Crippen molar-refractivity contribution < 1.29 is 19.0 Å². The molecule has 1 N–H and O–H groups in total. The molecular formula is C21H18N2O5S. The molecule has 0 aliphatic carbocycles. The van der Waals surface area contributed by atoms with Crippen LogP contribution in [0.15, 0.2) is 81.3 Å². The third kappa shape index (κ3) is 4.92. The molecule has 8 heteroatoms. The molecule has 0 saturated carbocycles. The first-order valence-electron chi connectivity index (χ1n) is 8.93. The minimum Gasteiger partial charge on any atom is -0.491 e. The van der Waals surface area contributed by atoms with Gasteiger partial charge in [-0.25, -0.2) is 4.79 Å². The average molecular weight is 410 g/mol. The molecule has 0 fully saturated rings. The summed E-state index contributed by atoms with van der Waals surface area (Å²) in [4.78, 5) is 12.7. The van der Waals surface area contributed by atoms with E-state index in [1.807, 2.05) is 47.8 Å². The maximum absolute atomic E-state index is 11.9. The second-order valence-corrected chi connectivity index (χ2v) is 7.13. The van der Waals surface area contributed by atoms with Gasteiger partial charge in [0, 0.05) is 0 Å². The lowest BCUT2D eigenvalue weighted by Gasteiger charge is -2.12. The van der Waals surface area contributed by atoms with Gasteiger partial charge in [-0.2, -0.15) is 4.68 Å². The number of para-hydroxylation sites is 1. The van der Waals surface area contributed by atoms with Gasteiger partial charge in [-0.3, -0.25) is 0 Å². The van der Waals surface area contributed by atoms with E-state index < -0.39 is 11.9 Å². The van der Waals surface area contributed by atoms with E-state index in [1.54, 1.807) is 24.3 Å². The van der Waals surface area contributed by atoms with E-state index in [2.05, 4.69) is 5.10 Å². The zero-order valence-electron chi connectivity index (χ0n) is 15.3. The van der Waals surface area contributed by atoms with Crippen LogP contribution in [-0.4, -0.2) is 27.6 Å². The van der Waals surface area contributed by atoms with Crippen molar-refractivity contribution in [2.24, 2.45) is 0 Å². The van der Waals surface area contributed by atoms with Gasteiger partial charge in [0.2, 0.25) is 0 Å². The zero-order valence-corrected chi connectivity index (χ0v) is 16.1. The summed E-state index contributed by atoms with van der Waals surface area (Å²) in [5.41, 5.74) is 0. The number of hydrogen-bond acceptors (Lipinski definition) is 7. The van der Waals surface area contributed by atoms with Crippen LogP contribution >= 0.6 is 11.3 Å². The van der Waals surface area contributed by atoms with E-state index in [-0.39, 0.29) is 19.0 Å². The molecule has 2 heterocycles. The van der Waals surface area contributed by atoms with Crippen LogP contribution in [0.25, 0.3) is 10.8 Å². The van der Waals surface area contributed by atoms with E-state index >= 15 is 0 Å². The zero-order chi connectivity index (χ0) is 20.1. The van der Waals surface area contributed by atoms with Crippen molar-refractivity contribution >= 4 is 11.3 Å². The first kappa shape index (κ1) is 19.0. The Balaban J connectivity index is 1.30. The minimum absolute atomic E-state index is 0.00647. The fourth-order valence-corrected chi connectivity index (χ4v) is 3.24. The lowest BCUT2D eigenvalue weighted by atomic mass is 10.3. The Kier molecular flexibility index (Phi) is 5.73. The number of hydrogen-bond donors (Lipinski definition) is 1. The topological polar surface area (TPSA) is 86.7 Å². The lowest BCUT2D eigenvalue weighted by Crippen LogP contribution is -2.29.